The molecule has 7 nitrogen and oxygen atoms in total. The zero-order valence-corrected chi connectivity index (χ0v) is 13.2. The lowest BCUT2D eigenvalue weighted by Gasteiger charge is -2.64. The van der Waals surface area contributed by atoms with Crippen LogP contribution in [0.1, 0.15) is 45.4 Å². The van der Waals surface area contributed by atoms with E-state index in [9.17, 15) is 24.9 Å². The molecule has 7 heteroatoms. The molecule has 0 aliphatic heterocycles. The van der Waals surface area contributed by atoms with Gasteiger partial charge in [-0.1, -0.05) is 6.58 Å². The van der Waals surface area contributed by atoms with E-state index in [1.54, 1.807) is 0 Å². The predicted octanol–water partition coefficient (Wildman–Crippen LogP) is -0.465. The molecule has 23 heavy (non-hydrogen) atoms. The molecular weight excluding hydrogens is 302 g/mol. The minimum atomic E-state index is -1.22. The molecule has 4 aliphatic rings. The first-order valence-corrected chi connectivity index (χ1v) is 7.79. The van der Waals surface area contributed by atoms with E-state index in [4.69, 9.17) is 4.74 Å². The number of aliphatic hydroxyl groups is 3. The van der Waals surface area contributed by atoms with Crippen LogP contribution < -0.4 is 5.32 Å². The van der Waals surface area contributed by atoms with Crippen LogP contribution in [0.15, 0.2) is 12.2 Å². The second kappa shape index (κ2) is 4.78. The average molecular weight is 325 g/mol. The Kier molecular flexibility index (Phi) is 3.41. The largest absolute Gasteiger partial charge is 0.457 e. The lowest BCUT2D eigenvalue weighted by molar-refractivity contribution is -0.300. The molecular formula is C16H23NO6. The van der Waals surface area contributed by atoms with Crippen LogP contribution in [0.25, 0.3) is 0 Å². The Morgan fingerprint density at radius 1 is 1.00 bits per heavy atom. The van der Waals surface area contributed by atoms with Crippen LogP contribution in [0.5, 0.6) is 0 Å². The van der Waals surface area contributed by atoms with Gasteiger partial charge in [-0.2, -0.15) is 0 Å². The van der Waals surface area contributed by atoms with Crippen molar-refractivity contribution in [2.24, 2.45) is 0 Å². The first-order chi connectivity index (χ1) is 10.5. The van der Waals surface area contributed by atoms with Crippen molar-refractivity contribution in [3.63, 3.8) is 0 Å². The summed E-state index contributed by atoms with van der Waals surface area (Å²) in [6.45, 7) is 4.69. The molecule has 0 spiro atoms. The number of hydrogen-bond donors (Lipinski definition) is 4. The minimum absolute atomic E-state index is 0.188. The number of nitrogens with one attached hydrogen (secondary N) is 1. The van der Waals surface area contributed by atoms with Gasteiger partial charge in [0.1, 0.15) is 12.1 Å². The second-order valence-corrected chi connectivity index (χ2v) is 7.85. The number of carbonyl (C=O) groups excluding carboxylic acids is 2. The van der Waals surface area contributed by atoms with Crippen molar-refractivity contribution < 1.29 is 29.6 Å². The van der Waals surface area contributed by atoms with Crippen molar-refractivity contribution in [1.29, 1.82) is 0 Å². The van der Waals surface area contributed by atoms with E-state index >= 15 is 0 Å². The maximum atomic E-state index is 12.1. The van der Waals surface area contributed by atoms with Gasteiger partial charge in [0.25, 0.3) is 0 Å². The molecule has 4 rings (SSSR count). The minimum Gasteiger partial charge on any atom is -0.457 e. The summed E-state index contributed by atoms with van der Waals surface area (Å²) >= 11 is 0. The smallest absolute Gasteiger partial charge is 0.325 e. The molecule has 4 aliphatic carbocycles. The van der Waals surface area contributed by atoms with Crippen LogP contribution in [0, 0.1) is 0 Å². The van der Waals surface area contributed by atoms with Gasteiger partial charge >= 0.3 is 5.97 Å². The molecule has 1 amide bonds. The Morgan fingerprint density at radius 2 is 1.43 bits per heavy atom. The summed E-state index contributed by atoms with van der Waals surface area (Å²) in [5.74, 6) is -1.10. The Morgan fingerprint density at radius 3 is 1.83 bits per heavy atom. The van der Waals surface area contributed by atoms with Gasteiger partial charge in [0, 0.05) is 44.1 Å². The van der Waals surface area contributed by atoms with Crippen molar-refractivity contribution in [3.05, 3.63) is 12.2 Å². The van der Waals surface area contributed by atoms with Crippen LogP contribution in [0.2, 0.25) is 0 Å². The molecule has 0 aromatic rings. The molecule has 0 heterocycles. The molecule has 4 fully saturated rings. The highest BCUT2D eigenvalue weighted by atomic mass is 16.6. The summed E-state index contributed by atoms with van der Waals surface area (Å²) in [6, 6.07) is 0. The van der Waals surface area contributed by atoms with E-state index in [1.165, 1.54) is 6.92 Å². The van der Waals surface area contributed by atoms with Gasteiger partial charge in [-0.25, -0.2) is 0 Å². The molecule has 4 saturated carbocycles. The fourth-order valence-electron chi connectivity index (χ4n) is 5.08. The number of hydrogen-bond acceptors (Lipinski definition) is 6. The number of amides is 1. The normalized spacial score (nSPS) is 44.0. The fourth-order valence-corrected chi connectivity index (χ4v) is 5.08. The fraction of sp³-hybridized carbons (Fsp3) is 0.750. The number of rotatable bonds is 4. The summed E-state index contributed by atoms with van der Waals surface area (Å²) in [7, 11) is 0. The Hall–Kier alpha value is -1.44. The van der Waals surface area contributed by atoms with Gasteiger partial charge in [-0.3, -0.25) is 9.59 Å². The Balaban J connectivity index is 1.71. The third-order valence-corrected chi connectivity index (χ3v) is 5.04. The van der Waals surface area contributed by atoms with Gasteiger partial charge in [0.2, 0.25) is 5.91 Å². The quantitative estimate of drug-likeness (QED) is 0.410. The van der Waals surface area contributed by atoms with Crippen LogP contribution in [0.3, 0.4) is 0 Å². The zero-order valence-electron chi connectivity index (χ0n) is 13.2. The molecule has 0 unspecified atom stereocenters. The summed E-state index contributed by atoms with van der Waals surface area (Å²) in [5, 5.41) is 34.2. The highest BCUT2D eigenvalue weighted by Crippen LogP contribution is 2.62. The lowest BCUT2D eigenvalue weighted by atomic mass is 9.48. The highest BCUT2D eigenvalue weighted by Gasteiger charge is 2.69. The molecule has 0 atom stereocenters. The van der Waals surface area contributed by atoms with Crippen molar-refractivity contribution in [2.45, 2.75) is 67.9 Å². The second-order valence-electron chi connectivity index (χ2n) is 7.85. The monoisotopic (exact) mass is 325 g/mol. The van der Waals surface area contributed by atoms with Gasteiger partial charge in [0.15, 0.2) is 0 Å². The standard InChI is InChI=1S/C16H23NO6/c1-10(2)12(19)17-3-11(18)23-16-7-13(20)4-14(21,8-16)6-15(22,5-13)9-16/h20-22H,1,3-9H2,2H3,(H,17,19). The molecule has 0 aromatic carbocycles. The van der Waals surface area contributed by atoms with Crippen LogP contribution in [-0.2, 0) is 14.3 Å². The molecule has 4 N–H and O–H groups in total. The van der Waals surface area contributed by atoms with Crippen LogP contribution >= 0.6 is 0 Å². The topological polar surface area (TPSA) is 116 Å². The summed E-state index contributed by atoms with van der Waals surface area (Å²) in [4.78, 5) is 23.5. The van der Waals surface area contributed by atoms with Gasteiger partial charge in [0.05, 0.1) is 16.8 Å². The molecule has 0 radical (unpaired) electrons. The third-order valence-electron chi connectivity index (χ3n) is 5.04. The molecule has 0 aromatic heterocycles. The van der Waals surface area contributed by atoms with Crippen molar-refractivity contribution in [1.82, 2.24) is 5.32 Å². The first kappa shape index (κ1) is 16.4. The first-order valence-electron chi connectivity index (χ1n) is 7.79. The van der Waals surface area contributed by atoms with Crippen molar-refractivity contribution >= 4 is 11.9 Å². The predicted molar refractivity (Wildman–Crippen MR) is 79.2 cm³/mol. The Labute approximate surface area is 134 Å². The summed E-state index contributed by atoms with van der Waals surface area (Å²) in [6.07, 6.45) is 1.16. The van der Waals surface area contributed by atoms with E-state index in [0.717, 1.165) is 0 Å². The van der Waals surface area contributed by atoms with E-state index in [2.05, 4.69) is 11.9 Å². The van der Waals surface area contributed by atoms with E-state index < -0.39 is 34.3 Å². The third kappa shape index (κ3) is 3.00. The van der Waals surface area contributed by atoms with Gasteiger partial charge < -0.3 is 25.4 Å². The molecule has 128 valence electrons. The Bertz CT molecular complexity index is 532. The van der Waals surface area contributed by atoms with E-state index in [1.807, 2.05) is 0 Å². The highest BCUT2D eigenvalue weighted by molar-refractivity contribution is 5.94. The summed E-state index contributed by atoms with van der Waals surface area (Å²) in [5.41, 5.74) is -4.47. The summed E-state index contributed by atoms with van der Waals surface area (Å²) < 4.78 is 5.51. The maximum absolute atomic E-state index is 12.1. The zero-order chi connectivity index (χ0) is 17.1. The van der Waals surface area contributed by atoms with E-state index in [0.29, 0.717) is 0 Å². The number of carbonyl (C=O) groups is 2. The van der Waals surface area contributed by atoms with Crippen molar-refractivity contribution in [2.75, 3.05) is 6.54 Å². The lowest BCUT2D eigenvalue weighted by Crippen LogP contribution is -2.72. The van der Waals surface area contributed by atoms with Crippen molar-refractivity contribution in [3.8, 4) is 0 Å². The average Bonchev–Trinajstić information content (AvgIpc) is 2.28. The van der Waals surface area contributed by atoms with Crippen LogP contribution in [0.4, 0.5) is 0 Å². The van der Waals surface area contributed by atoms with Gasteiger partial charge in [-0.05, 0) is 6.92 Å². The SMILES string of the molecule is C=C(C)C(=O)NCC(=O)OC12CC3(O)CC(O)(CC(O)(C3)C1)C2. The maximum Gasteiger partial charge on any atom is 0.325 e. The van der Waals surface area contributed by atoms with Crippen LogP contribution in [-0.4, -0.2) is 56.1 Å². The van der Waals surface area contributed by atoms with Gasteiger partial charge in [-0.15, -0.1) is 0 Å². The number of esters is 1. The van der Waals surface area contributed by atoms with E-state index in [-0.39, 0.29) is 50.6 Å². The molecule has 4 bridgehead atoms. The number of ether oxygens (including phenoxy) is 1. The molecule has 0 saturated heterocycles.